The molecule has 32 heavy (non-hydrogen) atoms. The molecule has 1 aliphatic rings. The molecule has 8 nitrogen and oxygen atoms in total. The molecular weight excluding hydrogens is 410 g/mol. The third-order valence-electron chi connectivity index (χ3n) is 5.94. The van der Waals surface area contributed by atoms with Gasteiger partial charge in [-0.3, -0.25) is 19.2 Å². The molecule has 0 aliphatic carbocycles. The maximum atomic E-state index is 13.4. The topological polar surface area (TPSA) is 108 Å². The van der Waals surface area contributed by atoms with Gasteiger partial charge < -0.3 is 15.3 Å². The predicted octanol–water partition coefficient (Wildman–Crippen LogP) is 1.96. The third-order valence-corrected chi connectivity index (χ3v) is 5.94. The lowest BCUT2D eigenvalue weighted by Crippen LogP contribution is -2.53. The zero-order valence-electron chi connectivity index (χ0n) is 19.2. The highest BCUT2D eigenvalue weighted by atomic mass is 16.6. The molecular formula is C24H37N3O5. The number of aliphatic hydroxyl groups is 1. The largest absolute Gasteiger partial charge is 0.394 e. The summed E-state index contributed by atoms with van der Waals surface area (Å²) in [6, 6.07) is 8.57. The number of amides is 3. The van der Waals surface area contributed by atoms with Crippen LogP contribution in [0.15, 0.2) is 30.3 Å². The number of nitrogens with zero attached hydrogens (tertiary/aromatic N) is 1. The first kappa shape index (κ1) is 25.8. The first-order chi connectivity index (χ1) is 15.5. The zero-order valence-corrected chi connectivity index (χ0v) is 19.2. The van der Waals surface area contributed by atoms with E-state index in [1.807, 2.05) is 30.3 Å². The van der Waals surface area contributed by atoms with Gasteiger partial charge in [0.15, 0.2) is 0 Å². The number of carbonyl (C=O) groups excluding carboxylic acids is 3. The summed E-state index contributed by atoms with van der Waals surface area (Å²) in [5.74, 6) is -1.40. The number of carbonyl (C=O) groups is 3. The van der Waals surface area contributed by atoms with Crippen LogP contribution in [-0.2, 0) is 25.6 Å². The van der Waals surface area contributed by atoms with Crippen LogP contribution >= 0.6 is 0 Å². The van der Waals surface area contributed by atoms with Crippen LogP contribution in [0.4, 0.5) is 0 Å². The molecule has 178 valence electrons. The lowest BCUT2D eigenvalue weighted by atomic mass is 9.95. The maximum Gasteiger partial charge on any atom is 0.245 e. The van der Waals surface area contributed by atoms with Crippen LogP contribution < -0.4 is 10.8 Å². The van der Waals surface area contributed by atoms with E-state index >= 15 is 0 Å². The van der Waals surface area contributed by atoms with Gasteiger partial charge in [0.25, 0.3) is 0 Å². The van der Waals surface area contributed by atoms with E-state index in [4.69, 9.17) is 0 Å². The summed E-state index contributed by atoms with van der Waals surface area (Å²) in [5, 5.41) is 12.6. The quantitative estimate of drug-likeness (QED) is 0.316. The average Bonchev–Trinajstić information content (AvgIpc) is 3.27. The molecule has 0 saturated carbocycles. The van der Waals surface area contributed by atoms with E-state index in [0.29, 0.717) is 19.4 Å². The molecule has 0 aromatic heterocycles. The predicted molar refractivity (Wildman–Crippen MR) is 121 cm³/mol. The van der Waals surface area contributed by atoms with E-state index in [-0.39, 0.29) is 36.8 Å². The Balaban J connectivity index is 2.17. The molecule has 8 heteroatoms. The first-order valence-corrected chi connectivity index (χ1v) is 11.6. The highest BCUT2D eigenvalue weighted by Gasteiger charge is 2.34. The van der Waals surface area contributed by atoms with Crippen molar-refractivity contribution in [3.63, 3.8) is 0 Å². The Bertz CT molecular complexity index is 728. The van der Waals surface area contributed by atoms with Crippen molar-refractivity contribution in [3.05, 3.63) is 35.9 Å². The van der Waals surface area contributed by atoms with Crippen LogP contribution in [-0.4, -0.2) is 60.1 Å². The third kappa shape index (κ3) is 7.91. The summed E-state index contributed by atoms with van der Waals surface area (Å²) in [5.41, 5.74) is 3.21. The van der Waals surface area contributed by atoms with E-state index in [9.17, 15) is 19.5 Å². The molecule has 2 rings (SSSR count). The van der Waals surface area contributed by atoms with E-state index in [1.165, 1.54) is 7.11 Å². The molecule has 1 aromatic carbocycles. The van der Waals surface area contributed by atoms with Gasteiger partial charge >= 0.3 is 0 Å². The van der Waals surface area contributed by atoms with Crippen molar-refractivity contribution in [2.24, 2.45) is 5.92 Å². The SMILES string of the molecule is CCCCCC(CC(=O)NOC)C(=O)NC(Cc1ccccc1)C(=O)N1CCCC1CO. The van der Waals surface area contributed by atoms with Crippen molar-refractivity contribution in [2.75, 3.05) is 20.3 Å². The van der Waals surface area contributed by atoms with Crippen LogP contribution in [0.25, 0.3) is 0 Å². The van der Waals surface area contributed by atoms with Gasteiger partial charge in [-0.05, 0) is 24.8 Å². The minimum Gasteiger partial charge on any atom is -0.394 e. The van der Waals surface area contributed by atoms with Crippen LogP contribution in [0.1, 0.15) is 57.4 Å². The number of hydrogen-bond donors (Lipinski definition) is 3. The van der Waals surface area contributed by atoms with Crippen molar-refractivity contribution >= 4 is 17.7 Å². The highest BCUT2D eigenvalue weighted by Crippen LogP contribution is 2.20. The fraction of sp³-hybridized carbons (Fsp3) is 0.625. The van der Waals surface area contributed by atoms with Crippen molar-refractivity contribution in [2.45, 2.75) is 70.4 Å². The van der Waals surface area contributed by atoms with Gasteiger partial charge in [-0.1, -0.05) is 56.5 Å². The summed E-state index contributed by atoms with van der Waals surface area (Å²) >= 11 is 0. The highest BCUT2D eigenvalue weighted by molar-refractivity contribution is 5.91. The van der Waals surface area contributed by atoms with Gasteiger partial charge in [0.05, 0.1) is 19.8 Å². The van der Waals surface area contributed by atoms with E-state index in [0.717, 1.165) is 37.7 Å². The molecule has 1 aliphatic heterocycles. The van der Waals surface area contributed by atoms with E-state index in [1.54, 1.807) is 4.90 Å². The number of likely N-dealkylation sites (tertiary alicyclic amines) is 1. The minimum absolute atomic E-state index is 0.00137. The lowest BCUT2D eigenvalue weighted by molar-refractivity contribution is -0.140. The molecule has 3 atom stereocenters. The van der Waals surface area contributed by atoms with E-state index in [2.05, 4.69) is 22.6 Å². The average molecular weight is 448 g/mol. The Morgan fingerprint density at radius 1 is 1.22 bits per heavy atom. The van der Waals surface area contributed by atoms with Gasteiger partial charge in [0.2, 0.25) is 17.7 Å². The van der Waals surface area contributed by atoms with Crippen LogP contribution in [0.5, 0.6) is 0 Å². The minimum atomic E-state index is -0.754. The first-order valence-electron chi connectivity index (χ1n) is 11.6. The number of hydrogen-bond acceptors (Lipinski definition) is 5. The van der Waals surface area contributed by atoms with Gasteiger partial charge in [0.1, 0.15) is 6.04 Å². The lowest BCUT2D eigenvalue weighted by Gasteiger charge is -2.29. The molecule has 1 saturated heterocycles. The Kier molecular flexibility index (Phi) is 11.2. The number of rotatable bonds is 13. The van der Waals surface area contributed by atoms with Crippen LogP contribution in [0.2, 0.25) is 0 Å². The molecule has 0 radical (unpaired) electrons. The Morgan fingerprint density at radius 3 is 2.62 bits per heavy atom. The van der Waals surface area contributed by atoms with E-state index < -0.39 is 12.0 Å². The smallest absolute Gasteiger partial charge is 0.245 e. The fourth-order valence-electron chi connectivity index (χ4n) is 4.20. The molecule has 3 N–H and O–H groups in total. The summed E-state index contributed by atoms with van der Waals surface area (Å²) in [6.45, 7) is 2.56. The normalized spacial score (nSPS) is 17.6. The number of aliphatic hydroxyl groups excluding tert-OH is 1. The van der Waals surface area contributed by atoms with Crippen molar-refractivity contribution in [1.82, 2.24) is 15.7 Å². The van der Waals surface area contributed by atoms with Crippen LogP contribution in [0, 0.1) is 5.92 Å². The summed E-state index contributed by atoms with van der Waals surface area (Å²) in [4.78, 5) is 45.0. The second kappa shape index (κ2) is 13.9. The molecule has 3 amide bonds. The van der Waals surface area contributed by atoms with Crippen molar-refractivity contribution in [3.8, 4) is 0 Å². The van der Waals surface area contributed by atoms with Gasteiger partial charge in [-0.25, -0.2) is 5.48 Å². The van der Waals surface area contributed by atoms with Gasteiger partial charge in [-0.15, -0.1) is 0 Å². The summed E-state index contributed by atoms with van der Waals surface area (Å²) in [6.07, 6.45) is 5.30. The van der Waals surface area contributed by atoms with Gasteiger partial charge in [-0.2, -0.15) is 0 Å². The Morgan fingerprint density at radius 2 is 1.97 bits per heavy atom. The zero-order chi connectivity index (χ0) is 23.3. The molecule has 0 spiro atoms. The summed E-state index contributed by atoms with van der Waals surface area (Å²) in [7, 11) is 1.35. The monoisotopic (exact) mass is 447 g/mol. The Hall–Kier alpha value is -2.45. The summed E-state index contributed by atoms with van der Waals surface area (Å²) < 4.78 is 0. The molecule has 1 heterocycles. The fourth-order valence-corrected chi connectivity index (χ4v) is 4.20. The molecule has 1 fully saturated rings. The second-order valence-electron chi connectivity index (χ2n) is 8.39. The molecule has 3 unspecified atom stereocenters. The Labute approximate surface area is 190 Å². The van der Waals surface area contributed by atoms with Crippen molar-refractivity contribution in [1.29, 1.82) is 0 Å². The number of nitrogens with one attached hydrogen (secondary N) is 2. The second-order valence-corrected chi connectivity index (χ2v) is 8.39. The van der Waals surface area contributed by atoms with Crippen molar-refractivity contribution < 1.29 is 24.3 Å². The molecule has 1 aromatic rings. The van der Waals surface area contributed by atoms with Gasteiger partial charge in [0, 0.05) is 25.3 Å². The number of benzene rings is 1. The standard InChI is InChI=1S/C24H37N3O5/c1-3-4-6-12-19(16-22(29)26-32-2)23(30)25-21(15-18-10-7-5-8-11-18)24(31)27-14-9-13-20(27)17-28/h5,7-8,10-11,19-21,28H,3-4,6,9,12-17H2,1-2H3,(H,25,30)(H,26,29). The number of unbranched alkanes of at least 4 members (excludes halogenated alkanes) is 2. The van der Waals surface area contributed by atoms with Crippen LogP contribution in [0.3, 0.4) is 0 Å². The number of hydroxylamine groups is 1. The maximum absolute atomic E-state index is 13.4. The molecule has 0 bridgehead atoms.